The van der Waals surface area contributed by atoms with E-state index in [9.17, 15) is 9.59 Å². The zero-order valence-electron chi connectivity index (χ0n) is 23.9. The van der Waals surface area contributed by atoms with Gasteiger partial charge in [0.05, 0.1) is 0 Å². The maximum Gasteiger partial charge on any atom is 0.336 e. The number of allylic oxidation sites excluding steroid dienone is 1. The molecule has 0 atom stereocenters. The van der Waals surface area contributed by atoms with Crippen molar-refractivity contribution in [3.63, 3.8) is 0 Å². The van der Waals surface area contributed by atoms with Crippen LogP contribution in [0.25, 0.3) is 0 Å². The summed E-state index contributed by atoms with van der Waals surface area (Å²) in [6.07, 6.45) is 3.47. The average Bonchev–Trinajstić information content (AvgIpc) is 2.98. The normalized spacial score (nSPS) is 11.6. The largest absolute Gasteiger partial charge is 0.427 e. The fourth-order valence-corrected chi connectivity index (χ4v) is 6.02. The first-order chi connectivity index (χ1) is 20.2. The minimum absolute atomic E-state index is 0.294. The lowest BCUT2D eigenvalue weighted by molar-refractivity contribution is -0.132. The van der Waals surface area contributed by atoms with Crippen LogP contribution in [0, 0.1) is 0 Å². The molecule has 0 N–H and O–H groups in total. The molecule has 0 fully saturated rings. The summed E-state index contributed by atoms with van der Waals surface area (Å²) in [4.78, 5) is 28.2. The summed E-state index contributed by atoms with van der Waals surface area (Å²) in [7, 11) is 0. The summed E-state index contributed by atoms with van der Waals surface area (Å²) in [5.41, 5.74) is 1.84. The standard InChI is InChI=1S/C35H32O4S3/c1-5-23-40-30-14-18-32(19-15-30)42-33-20-16-31(17-21-33)41-24-22-34(37)39-29-12-8-27(9-13-29)35(3,4)26-6-10-28(11-7-26)38-25(2)36/h5-24H,1-4H3/b23-5+,24-22+. The Hall–Kier alpha value is -3.65. The molecule has 0 saturated carbocycles. The Balaban J connectivity index is 1.26. The summed E-state index contributed by atoms with van der Waals surface area (Å²) in [6.45, 7) is 7.62. The molecule has 0 aliphatic heterocycles. The predicted molar refractivity (Wildman–Crippen MR) is 175 cm³/mol. The molecule has 4 aromatic carbocycles. The molecule has 0 aromatic heterocycles. The molecular formula is C35H32O4S3. The maximum atomic E-state index is 12.4. The first-order valence-electron chi connectivity index (χ1n) is 13.3. The molecule has 0 unspecified atom stereocenters. The molecular weight excluding hydrogens is 581 g/mol. The van der Waals surface area contributed by atoms with E-state index in [4.69, 9.17) is 9.47 Å². The minimum atomic E-state index is -0.432. The number of hydrogen-bond acceptors (Lipinski definition) is 7. The molecule has 0 aliphatic rings. The summed E-state index contributed by atoms with van der Waals surface area (Å²) in [5.74, 6) is 0.221. The summed E-state index contributed by atoms with van der Waals surface area (Å²) < 4.78 is 10.6. The van der Waals surface area contributed by atoms with Crippen LogP contribution in [0.4, 0.5) is 0 Å². The van der Waals surface area contributed by atoms with Crippen LogP contribution in [-0.2, 0) is 15.0 Å². The molecule has 0 saturated heterocycles. The van der Waals surface area contributed by atoms with Gasteiger partial charge in [0.1, 0.15) is 11.5 Å². The highest BCUT2D eigenvalue weighted by molar-refractivity contribution is 8.02. The SMILES string of the molecule is C/C=C/Sc1ccc(Sc2ccc(S/C=C/C(=O)Oc3ccc(C(C)(C)c4ccc(OC(C)=O)cc4)cc3)cc2)cc1. The molecule has 42 heavy (non-hydrogen) atoms. The monoisotopic (exact) mass is 612 g/mol. The van der Waals surface area contributed by atoms with Crippen LogP contribution in [0.15, 0.2) is 140 Å². The molecule has 4 nitrogen and oxygen atoms in total. The van der Waals surface area contributed by atoms with Gasteiger partial charge in [-0.1, -0.05) is 79.5 Å². The minimum Gasteiger partial charge on any atom is -0.427 e. The highest BCUT2D eigenvalue weighted by Gasteiger charge is 2.23. The molecule has 0 radical (unpaired) electrons. The van der Waals surface area contributed by atoms with Crippen LogP contribution in [0.1, 0.15) is 38.8 Å². The van der Waals surface area contributed by atoms with Gasteiger partial charge in [0, 0.05) is 38.0 Å². The van der Waals surface area contributed by atoms with Crippen molar-refractivity contribution in [2.75, 3.05) is 0 Å². The van der Waals surface area contributed by atoms with Crippen molar-refractivity contribution in [2.24, 2.45) is 0 Å². The van der Waals surface area contributed by atoms with Crippen LogP contribution in [0.5, 0.6) is 11.5 Å². The lowest BCUT2D eigenvalue weighted by atomic mass is 9.78. The highest BCUT2D eigenvalue weighted by Crippen LogP contribution is 2.34. The molecule has 0 amide bonds. The van der Waals surface area contributed by atoms with Crippen molar-refractivity contribution in [2.45, 2.75) is 52.7 Å². The zero-order chi connectivity index (χ0) is 30.0. The Morgan fingerprint density at radius 1 is 0.619 bits per heavy atom. The van der Waals surface area contributed by atoms with Crippen LogP contribution < -0.4 is 9.47 Å². The predicted octanol–water partition coefficient (Wildman–Crippen LogP) is 9.93. The Morgan fingerprint density at radius 3 is 1.50 bits per heavy atom. The highest BCUT2D eigenvalue weighted by atomic mass is 32.2. The average molecular weight is 613 g/mol. The molecule has 0 aliphatic carbocycles. The van der Waals surface area contributed by atoms with E-state index < -0.39 is 5.97 Å². The first-order valence-corrected chi connectivity index (χ1v) is 15.9. The molecule has 0 spiro atoms. The van der Waals surface area contributed by atoms with Crippen molar-refractivity contribution in [3.8, 4) is 11.5 Å². The van der Waals surface area contributed by atoms with Crippen molar-refractivity contribution in [3.05, 3.63) is 131 Å². The lowest BCUT2D eigenvalue weighted by Gasteiger charge is -2.26. The summed E-state index contributed by atoms with van der Waals surface area (Å²) in [5, 5.41) is 3.81. The Morgan fingerprint density at radius 2 is 1.05 bits per heavy atom. The van der Waals surface area contributed by atoms with E-state index in [0.29, 0.717) is 11.5 Å². The number of thioether (sulfide) groups is 2. The third-order valence-electron chi connectivity index (χ3n) is 6.26. The Labute approximate surface area is 260 Å². The number of carbonyl (C=O) groups excluding carboxylic acids is 2. The number of benzene rings is 4. The number of rotatable bonds is 11. The van der Waals surface area contributed by atoms with E-state index in [0.717, 1.165) is 20.9 Å². The lowest BCUT2D eigenvalue weighted by Crippen LogP contribution is -2.18. The number of carbonyl (C=O) groups is 2. The first kappa shape index (κ1) is 31.3. The van der Waals surface area contributed by atoms with Crippen LogP contribution >= 0.6 is 35.3 Å². The van der Waals surface area contributed by atoms with Crippen molar-refractivity contribution < 1.29 is 19.1 Å². The van der Waals surface area contributed by atoms with Gasteiger partial charge in [-0.15, -0.1) is 0 Å². The Kier molecular flexibility index (Phi) is 11.2. The number of hydrogen-bond donors (Lipinski definition) is 0. The van der Waals surface area contributed by atoms with E-state index in [-0.39, 0.29) is 11.4 Å². The van der Waals surface area contributed by atoms with Gasteiger partial charge in [0.25, 0.3) is 0 Å². The number of ether oxygens (including phenoxy) is 2. The zero-order valence-corrected chi connectivity index (χ0v) is 26.4. The van der Waals surface area contributed by atoms with Gasteiger partial charge in [0.2, 0.25) is 0 Å². The van der Waals surface area contributed by atoms with Gasteiger partial charge in [-0.2, -0.15) is 0 Å². The molecule has 0 bridgehead atoms. The van der Waals surface area contributed by atoms with E-state index in [1.54, 1.807) is 53.2 Å². The fourth-order valence-electron chi connectivity index (χ4n) is 3.99. The van der Waals surface area contributed by atoms with Gasteiger partial charge in [0.15, 0.2) is 0 Å². The van der Waals surface area contributed by atoms with Crippen LogP contribution in [-0.4, -0.2) is 11.9 Å². The molecule has 7 heteroatoms. The second-order valence-corrected chi connectivity index (χ2v) is 12.8. The number of esters is 2. The third-order valence-corrected chi connectivity index (χ3v) is 9.05. The molecule has 0 heterocycles. The van der Waals surface area contributed by atoms with E-state index in [1.165, 1.54) is 34.6 Å². The Bertz CT molecular complexity index is 1540. The summed E-state index contributed by atoms with van der Waals surface area (Å²) in [6, 6.07) is 31.8. The molecule has 4 rings (SSSR count). The van der Waals surface area contributed by atoms with E-state index in [2.05, 4.69) is 55.7 Å². The third kappa shape index (κ3) is 9.18. The van der Waals surface area contributed by atoms with Gasteiger partial charge < -0.3 is 9.47 Å². The van der Waals surface area contributed by atoms with Gasteiger partial charge >= 0.3 is 11.9 Å². The van der Waals surface area contributed by atoms with Gasteiger partial charge in [-0.05, 0) is 102 Å². The second-order valence-electron chi connectivity index (χ2n) is 9.74. The second kappa shape index (κ2) is 15.0. The van der Waals surface area contributed by atoms with Crippen LogP contribution in [0.2, 0.25) is 0 Å². The van der Waals surface area contributed by atoms with Crippen molar-refractivity contribution in [1.82, 2.24) is 0 Å². The van der Waals surface area contributed by atoms with Crippen molar-refractivity contribution in [1.29, 1.82) is 0 Å². The molecule has 4 aromatic rings. The fraction of sp³-hybridized carbons (Fsp3) is 0.143. The summed E-state index contributed by atoms with van der Waals surface area (Å²) >= 11 is 4.89. The quantitative estimate of drug-likeness (QED) is 0.0723. The van der Waals surface area contributed by atoms with Crippen LogP contribution in [0.3, 0.4) is 0 Å². The van der Waals surface area contributed by atoms with E-state index in [1.807, 2.05) is 49.4 Å². The molecule has 214 valence electrons. The smallest absolute Gasteiger partial charge is 0.336 e. The topological polar surface area (TPSA) is 52.6 Å². The van der Waals surface area contributed by atoms with Gasteiger partial charge in [-0.3, -0.25) is 4.79 Å². The van der Waals surface area contributed by atoms with Gasteiger partial charge in [-0.25, -0.2) is 4.79 Å². The van der Waals surface area contributed by atoms with E-state index >= 15 is 0 Å². The maximum absolute atomic E-state index is 12.4. The van der Waals surface area contributed by atoms with Crippen molar-refractivity contribution >= 4 is 47.2 Å².